The summed E-state index contributed by atoms with van der Waals surface area (Å²) in [6.07, 6.45) is 4.22. The minimum Gasteiger partial charge on any atom is -0.497 e. The van der Waals surface area contributed by atoms with Crippen LogP contribution in [0.25, 0.3) is 0 Å². The summed E-state index contributed by atoms with van der Waals surface area (Å²) in [5.41, 5.74) is 1.24. The number of hydrogen-bond acceptors (Lipinski definition) is 3. The molecule has 0 saturated heterocycles. The zero-order chi connectivity index (χ0) is 13.4. The molecule has 3 heteroatoms. The molecule has 104 valence electrons. The first-order valence-electron chi connectivity index (χ1n) is 7.19. The summed E-state index contributed by atoms with van der Waals surface area (Å²) < 4.78 is 10.9. The van der Waals surface area contributed by atoms with Crippen molar-refractivity contribution in [1.82, 2.24) is 5.32 Å². The molecule has 0 radical (unpaired) electrons. The Bertz CT molecular complexity index is 450. The van der Waals surface area contributed by atoms with E-state index in [1.165, 1.54) is 24.8 Å². The lowest BCUT2D eigenvalue weighted by atomic mass is 9.96. The van der Waals surface area contributed by atoms with E-state index in [-0.39, 0.29) is 0 Å². The quantitative estimate of drug-likeness (QED) is 0.884. The number of hydrogen-bond donors (Lipinski definition) is 1. The molecule has 0 aliphatic heterocycles. The molecule has 1 N–H and O–H groups in total. The third-order valence-corrected chi connectivity index (χ3v) is 4.94. The molecule has 2 aliphatic rings. The molecule has 0 spiro atoms. The van der Waals surface area contributed by atoms with Gasteiger partial charge < -0.3 is 14.8 Å². The Morgan fingerprint density at radius 2 is 1.89 bits per heavy atom. The minimum absolute atomic E-state index is 0.389. The fourth-order valence-corrected chi connectivity index (χ4v) is 4.01. The van der Waals surface area contributed by atoms with E-state index in [1.54, 1.807) is 14.2 Å². The summed E-state index contributed by atoms with van der Waals surface area (Å²) in [6, 6.07) is 6.48. The van der Waals surface area contributed by atoms with Crippen molar-refractivity contribution < 1.29 is 9.47 Å². The van der Waals surface area contributed by atoms with Gasteiger partial charge in [-0.25, -0.2) is 0 Å². The predicted molar refractivity (Wildman–Crippen MR) is 75.7 cm³/mol. The lowest BCUT2D eigenvalue weighted by Crippen LogP contribution is -2.21. The number of ether oxygens (including phenoxy) is 2. The average Bonchev–Trinajstić information content (AvgIpc) is 2.92. The smallest absolute Gasteiger partial charge is 0.123 e. The standard InChI is InChI=1S/C16H23NO2/c1-17-16(15-11-5-4-6-12(11)15)13-9-10(18-2)7-8-14(13)19-3/h7-9,11-12,15-17H,4-6H2,1-3H3. The van der Waals surface area contributed by atoms with Crippen LogP contribution in [0.4, 0.5) is 0 Å². The van der Waals surface area contributed by atoms with Crippen molar-refractivity contribution in [2.75, 3.05) is 21.3 Å². The van der Waals surface area contributed by atoms with Crippen LogP contribution in [-0.4, -0.2) is 21.3 Å². The van der Waals surface area contributed by atoms with Crippen molar-refractivity contribution in [3.63, 3.8) is 0 Å². The van der Waals surface area contributed by atoms with Gasteiger partial charge in [0, 0.05) is 11.6 Å². The van der Waals surface area contributed by atoms with Crippen molar-refractivity contribution in [2.45, 2.75) is 25.3 Å². The minimum atomic E-state index is 0.389. The molecule has 0 aromatic heterocycles. The van der Waals surface area contributed by atoms with Gasteiger partial charge in [-0.2, -0.15) is 0 Å². The monoisotopic (exact) mass is 261 g/mol. The summed E-state index contributed by atoms with van der Waals surface area (Å²) in [4.78, 5) is 0. The largest absolute Gasteiger partial charge is 0.497 e. The number of nitrogens with one attached hydrogen (secondary N) is 1. The van der Waals surface area contributed by atoms with E-state index >= 15 is 0 Å². The van der Waals surface area contributed by atoms with Crippen LogP contribution >= 0.6 is 0 Å². The molecular formula is C16H23NO2. The van der Waals surface area contributed by atoms with Crippen molar-refractivity contribution in [2.24, 2.45) is 17.8 Å². The molecule has 2 saturated carbocycles. The molecule has 3 rings (SSSR count). The predicted octanol–water partition coefficient (Wildman–Crippen LogP) is 3.01. The Kier molecular flexibility index (Phi) is 3.40. The highest BCUT2D eigenvalue weighted by molar-refractivity contribution is 5.43. The van der Waals surface area contributed by atoms with Gasteiger partial charge in [-0.05, 0) is 55.8 Å². The first-order chi connectivity index (χ1) is 9.30. The van der Waals surface area contributed by atoms with Crippen LogP contribution in [0.15, 0.2) is 18.2 Å². The maximum absolute atomic E-state index is 5.53. The summed E-state index contributed by atoms with van der Waals surface area (Å²) >= 11 is 0. The van der Waals surface area contributed by atoms with Crippen molar-refractivity contribution in [3.05, 3.63) is 23.8 Å². The second kappa shape index (κ2) is 5.04. The zero-order valence-electron chi connectivity index (χ0n) is 12.0. The molecule has 0 amide bonds. The maximum atomic E-state index is 5.53. The van der Waals surface area contributed by atoms with Gasteiger partial charge in [0.15, 0.2) is 0 Å². The van der Waals surface area contributed by atoms with Crippen LogP contribution < -0.4 is 14.8 Å². The van der Waals surface area contributed by atoms with Gasteiger partial charge in [0.1, 0.15) is 11.5 Å². The fourth-order valence-electron chi connectivity index (χ4n) is 4.01. The van der Waals surface area contributed by atoms with E-state index in [2.05, 4.69) is 18.4 Å². The fraction of sp³-hybridized carbons (Fsp3) is 0.625. The number of fused-ring (bicyclic) bond motifs is 1. The van der Waals surface area contributed by atoms with Gasteiger partial charge in [0.2, 0.25) is 0 Å². The van der Waals surface area contributed by atoms with Gasteiger partial charge in [0.25, 0.3) is 0 Å². The summed E-state index contributed by atoms with van der Waals surface area (Å²) in [6.45, 7) is 0. The molecule has 1 aromatic carbocycles. The molecule has 1 aromatic rings. The highest BCUT2D eigenvalue weighted by atomic mass is 16.5. The molecule has 2 aliphatic carbocycles. The summed E-state index contributed by atoms with van der Waals surface area (Å²) in [7, 11) is 5.51. The van der Waals surface area contributed by atoms with Crippen LogP contribution in [0.1, 0.15) is 30.9 Å². The SMILES string of the molecule is CNC(c1cc(OC)ccc1OC)C1C2CCCC21. The van der Waals surface area contributed by atoms with E-state index in [4.69, 9.17) is 9.47 Å². The van der Waals surface area contributed by atoms with Gasteiger partial charge in [-0.15, -0.1) is 0 Å². The second-order valence-electron chi connectivity index (χ2n) is 5.71. The highest BCUT2D eigenvalue weighted by Gasteiger charge is 2.56. The third kappa shape index (κ3) is 2.10. The van der Waals surface area contributed by atoms with Gasteiger partial charge in [-0.3, -0.25) is 0 Å². The summed E-state index contributed by atoms with van der Waals surface area (Å²) in [5.74, 6) is 4.49. The van der Waals surface area contributed by atoms with Crippen molar-refractivity contribution in [3.8, 4) is 11.5 Å². The van der Waals surface area contributed by atoms with Gasteiger partial charge in [-0.1, -0.05) is 6.42 Å². The summed E-state index contributed by atoms with van der Waals surface area (Å²) in [5, 5.41) is 3.50. The van der Waals surface area contributed by atoms with E-state index in [1.807, 2.05) is 12.1 Å². The molecule has 2 fully saturated rings. The lowest BCUT2D eigenvalue weighted by molar-refractivity contribution is 0.377. The molecule has 0 heterocycles. The Morgan fingerprint density at radius 3 is 2.47 bits per heavy atom. The first kappa shape index (κ1) is 12.8. The molecular weight excluding hydrogens is 238 g/mol. The lowest BCUT2D eigenvalue weighted by Gasteiger charge is -2.21. The molecule has 3 nitrogen and oxygen atoms in total. The molecule has 0 bridgehead atoms. The maximum Gasteiger partial charge on any atom is 0.123 e. The van der Waals surface area contributed by atoms with Crippen LogP contribution in [0.2, 0.25) is 0 Å². The topological polar surface area (TPSA) is 30.5 Å². The highest BCUT2D eigenvalue weighted by Crippen LogP contribution is 2.62. The molecule has 3 atom stereocenters. The number of rotatable bonds is 5. The Morgan fingerprint density at radius 1 is 1.16 bits per heavy atom. The van der Waals surface area contributed by atoms with Crippen LogP contribution in [0.5, 0.6) is 11.5 Å². The van der Waals surface area contributed by atoms with Crippen LogP contribution in [0, 0.1) is 17.8 Å². The Hall–Kier alpha value is -1.22. The Balaban J connectivity index is 1.90. The van der Waals surface area contributed by atoms with E-state index in [0.29, 0.717) is 6.04 Å². The number of methoxy groups -OCH3 is 2. The molecule has 3 unspecified atom stereocenters. The van der Waals surface area contributed by atoms with Gasteiger partial charge >= 0.3 is 0 Å². The average molecular weight is 261 g/mol. The van der Waals surface area contributed by atoms with E-state index in [0.717, 1.165) is 29.3 Å². The first-order valence-corrected chi connectivity index (χ1v) is 7.19. The zero-order valence-corrected chi connectivity index (χ0v) is 12.0. The number of benzene rings is 1. The molecule has 19 heavy (non-hydrogen) atoms. The van der Waals surface area contributed by atoms with Crippen LogP contribution in [0.3, 0.4) is 0 Å². The van der Waals surface area contributed by atoms with Crippen molar-refractivity contribution >= 4 is 0 Å². The Labute approximate surface area is 115 Å². The third-order valence-electron chi connectivity index (χ3n) is 4.94. The van der Waals surface area contributed by atoms with Crippen molar-refractivity contribution in [1.29, 1.82) is 0 Å². The van der Waals surface area contributed by atoms with Gasteiger partial charge in [0.05, 0.1) is 14.2 Å². The second-order valence-corrected chi connectivity index (χ2v) is 5.71. The van der Waals surface area contributed by atoms with E-state index < -0.39 is 0 Å². The van der Waals surface area contributed by atoms with E-state index in [9.17, 15) is 0 Å². The normalized spacial score (nSPS) is 29.7. The van der Waals surface area contributed by atoms with Crippen LogP contribution in [-0.2, 0) is 0 Å².